The predicted molar refractivity (Wildman–Crippen MR) is 84.0 cm³/mol. The molecule has 1 N–H and O–H groups in total. The minimum absolute atomic E-state index is 0.237. The molecule has 0 saturated heterocycles. The molecule has 0 amide bonds. The first kappa shape index (κ1) is 13.2. The monoisotopic (exact) mass is 276 g/mol. The molecule has 1 heterocycles. The van der Waals surface area contributed by atoms with Crippen molar-refractivity contribution in [2.75, 3.05) is 5.32 Å². The minimum Gasteiger partial charge on any atom is -0.380 e. The quantitative estimate of drug-likeness (QED) is 0.794. The Morgan fingerprint density at radius 2 is 2.00 bits per heavy atom. The molecule has 0 aliphatic rings. The third kappa shape index (κ3) is 2.72. The Kier molecular flexibility index (Phi) is 3.57. The van der Waals surface area contributed by atoms with Crippen molar-refractivity contribution in [2.24, 2.45) is 0 Å². The lowest BCUT2D eigenvalue weighted by atomic mass is 10.0. The van der Waals surface area contributed by atoms with Crippen molar-refractivity contribution < 1.29 is 0 Å². The maximum absolute atomic E-state index is 9.20. The zero-order valence-corrected chi connectivity index (χ0v) is 11.8. The predicted octanol–water partition coefficient (Wildman–Crippen LogP) is 3.41. The summed E-state index contributed by atoms with van der Waals surface area (Å²) in [5.74, 6) is 0. The fourth-order valence-electron chi connectivity index (χ4n) is 2.52. The zero-order chi connectivity index (χ0) is 14.7. The number of anilines is 1. The summed E-state index contributed by atoms with van der Waals surface area (Å²) in [5.41, 5.74) is 1.75. The molecule has 0 radical (unpaired) electrons. The number of benzene rings is 2. The second-order valence-corrected chi connectivity index (χ2v) is 5.09. The van der Waals surface area contributed by atoms with Crippen LogP contribution in [-0.2, 0) is 6.54 Å². The summed E-state index contributed by atoms with van der Waals surface area (Å²) >= 11 is 0. The number of hydrogen-bond acceptors (Lipinski definition) is 3. The molecule has 4 nitrogen and oxygen atoms in total. The van der Waals surface area contributed by atoms with Crippen molar-refractivity contribution in [1.82, 2.24) is 9.78 Å². The summed E-state index contributed by atoms with van der Waals surface area (Å²) in [4.78, 5) is 0. The number of nitrogens with one attached hydrogen (secondary N) is 1. The lowest BCUT2D eigenvalue weighted by Gasteiger charge is -2.17. The highest BCUT2D eigenvalue weighted by Gasteiger charge is 2.08. The fourth-order valence-corrected chi connectivity index (χ4v) is 2.52. The van der Waals surface area contributed by atoms with Crippen molar-refractivity contribution in [3.63, 3.8) is 0 Å². The van der Waals surface area contributed by atoms with Crippen LogP contribution in [0.1, 0.15) is 12.5 Å². The van der Waals surface area contributed by atoms with Crippen molar-refractivity contribution >= 4 is 16.5 Å². The standard InChI is InChI=1S/C17H16N4/c1-13(12-21-10-4-9-19-21)20-17-8-7-14(11-18)15-5-2-3-6-16(15)17/h2-10,13,20H,12H2,1H3. The molecule has 0 bridgehead atoms. The van der Waals surface area contributed by atoms with E-state index in [1.54, 1.807) is 6.20 Å². The van der Waals surface area contributed by atoms with Gasteiger partial charge >= 0.3 is 0 Å². The molecular weight excluding hydrogens is 260 g/mol. The van der Waals surface area contributed by atoms with Crippen molar-refractivity contribution in [2.45, 2.75) is 19.5 Å². The highest BCUT2D eigenvalue weighted by molar-refractivity contribution is 5.97. The molecule has 0 fully saturated rings. The number of aromatic nitrogens is 2. The average Bonchev–Trinajstić information content (AvgIpc) is 3.00. The van der Waals surface area contributed by atoms with Gasteiger partial charge in [-0.3, -0.25) is 4.68 Å². The van der Waals surface area contributed by atoms with E-state index in [4.69, 9.17) is 0 Å². The van der Waals surface area contributed by atoms with E-state index in [-0.39, 0.29) is 6.04 Å². The Bertz CT molecular complexity index is 784. The molecular formula is C17H16N4. The first-order chi connectivity index (χ1) is 10.3. The van der Waals surface area contributed by atoms with E-state index in [9.17, 15) is 5.26 Å². The summed E-state index contributed by atoms with van der Waals surface area (Å²) in [6.07, 6.45) is 3.74. The van der Waals surface area contributed by atoms with E-state index in [1.807, 2.05) is 53.3 Å². The Labute approximate surface area is 123 Å². The molecule has 21 heavy (non-hydrogen) atoms. The molecule has 3 rings (SSSR count). The normalized spacial score (nSPS) is 12.0. The summed E-state index contributed by atoms with van der Waals surface area (Å²) in [7, 11) is 0. The first-order valence-electron chi connectivity index (χ1n) is 6.94. The number of hydrogen-bond donors (Lipinski definition) is 1. The van der Waals surface area contributed by atoms with Gasteiger partial charge in [-0.25, -0.2) is 0 Å². The molecule has 1 unspecified atom stereocenters. The van der Waals surface area contributed by atoms with Crippen LogP contribution >= 0.6 is 0 Å². The smallest absolute Gasteiger partial charge is 0.0998 e. The minimum atomic E-state index is 0.237. The van der Waals surface area contributed by atoms with Crippen LogP contribution in [0.25, 0.3) is 10.8 Å². The van der Waals surface area contributed by atoms with Crippen molar-refractivity contribution in [3.05, 3.63) is 60.4 Å². The van der Waals surface area contributed by atoms with Crippen molar-refractivity contribution in [3.8, 4) is 6.07 Å². The average molecular weight is 276 g/mol. The Balaban J connectivity index is 1.89. The van der Waals surface area contributed by atoms with E-state index in [2.05, 4.69) is 23.4 Å². The highest BCUT2D eigenvalue weighted by Crippen LogP contribution is 2.26. The van der Waals surface area contributed by atoms with Gasteiger partial charge in [-0.1, -0.05) is 24.3 Å². The van der Waals surface area contributed by atoms with Gasteiger partial charge in [0.05, 0.1) is 18.2 Å². The van der Waals surface area contributed by atoms with Gasteiger partial charge in [-0.15, -0.1) is 0 Å². The van der Waals surface area contributed by atoms with E-state index in [0.717, 1.165) is 23.0 Å². The van der Waals surface area contributed by atoms with Gasteiger partial charge in [0.15, 0.2) is 0 Å². The summed E-state index contributed by atoms with van der Waals surface area (Å²) in [5, 5.41) is 19.0. The second-order valence-electron chi connectivity index (χ2n) is 5.09. The maximum atomic E-state index is 9.20. The molecule has 0 spiro atoms. The van der Waals surface area contributed by atoms with Gasteiger partial charge in [0, 0.05) is 34.9 Å². The molecule has 0 aliphatic heterocycles. The molecule has 104 valence electrons. The zero-order valence-electron chi connectivity index (χ0n) is 11.8. The van der Waals surface area contributed by atoms with Crippen LogP contribution in [0.2, 0.25) is 0 Å². The van der Waals surface area contributed by atoms with Gasteiger partial charge in [-0.2, -0.15) is 10.4 Å². The van der Waals surface area contributed by atoms with Crippen LogP contribution in [0.4, 0.5) is 5.69 Å². The van der Waals surface area contributed by atoms with Gasteiger partial charge in [0.1, 0.15) is 0 Å². The van der Waals surface area contributed by atoms with Gasteiger partial charge in [-0.05, 0) is 25.1 Å². The first-order valence-corrected chi connectivity index (χ1v) is 6.94. The molecule has 0 saturated carbocycles. The third-order valence-electron chi connectivity index (χ3n) is 3.47. The van der Waals surface area contributed by atoms with E-state index in [0.29, 0.717) is 5.56 Å². The lowest BCUT2D eigenvalue weighted by Crippen LogP contribution is -2.22. The third-order valence-corrected chi connectivity index (χ3v) is 3.47. The Morgan fingerprint density at radius 3 is 2.71 bits per heavy atom. The number of fused-ring (bicyclic) bond motifs is 1. The second kappa shape index (κ2) is 5.68. The maximum Gasteiger partial charge on any atom is 0.0998 e. The van der Waals surface area contributed by atoms with Crippen LogP contribution in [0, 0.1) is 11.3 Å². The number of rotatable bonds is 4. The van der Waals surface area contributed by atoms with Gasteiger partial charge in [0.2, 0.25) is 0 Å². The fraction of sp³-hybridized carbons (Fsp3) is 0.176. The molecule has 1 aromatic heterocycles. The molecule has 2 aromatic carbocycles. The van der Waals surface area contributed by atoms with Crippen LogP contribution in [0.3, 0.4) is 0 Å². The van der Waals surface area contributed by atoms with Gasteiger partial charge < -0.3 is 5.32 Å². The molecule has 1 atom stereocenters. The largest absolute Gasteiger partial charge is 0.380 e. The molecule has 3 aromatic rings. The van der Waals surface area contributed by atoms with Crippen LogP contribution in [-0.4, -0.2) is 15.8 Å². The number of nitrogens with zero attached hydrogens (tertiary/aromatic N) is 3. The van der Waals surface area contributed by atoms with Crippen LogP contribution in [0.5, 0.6) is 0 Å². The SMILES string of the molecule is CC(Cn1cccn1)Nc1ccc(C#N)c2ccccc12. The van der Waals surface area contributed by atoms with Crippen LogP contribution in [0.15, 0.2) is 54.9 Å². The van der Waals surface area contributed by atoms with Crippen LogP contribution < -0.4 is 5.32 Å². The van der Waals surface area contributed by atoms with Crippen molar-refractivity contribution in [1.29, 1.82) is 5.26 Å². The summed E-state index contributed by atoms with van der Waals surface area (Å²) in [6.45, 7) is 2.91. The topological polar surface area (TPSA) is 53.6 Å². The Hall–Kier alpha value is -2.80. The summed E-state index contributed by atoms with van der Waals surface area (Å²) < 4.78 is 1.91. The van der Waals surface area contributed by atoms with Gasteiger partial charge in [0.25, 0.3) is 0 Å². The molecule has 0 aliphatic carbocycles. The van der Waals surface area contributed by atoms with E-state index in [1.165, 1.54) is 0 Å². The number of nitriles is 1. The van der Waals surface area contributed by atoms with E-state index >= 15 is 0 Å². The Morgan fingerprint density at radius 1 is 1.19 bits per heavy atom. The lowest BCUT2D eigenvalue weighted by molar-refractivity contribution is 0.561. The van der Waals surface area contributed by atoms with E-state index < -0.39 is 0 Å². The highest BCUT2D eigenvalue weighted by atomic mass is 15.3. The summed E-state index contributed by atoms with van der Waals surface area (Å²) in [6, 6.07) is 16.2. The molecule has 4 heteroatoms.